The standard InChI is InChI=1S/C15H13N3O2S2/c1-22(19,20)14-8-4-12(5-9-14)11-2-6-13(7-3-11)21-15-10-16-18-17-15/h2-10H,1H3,(H,16,17,18). The van der Waals surface area contributed by atoms with E-state index in [0.717, 1.165) is 21.0 Å². The summed E-state index contributed by atoms with van der Waals surface area (Å²) in [6.45, 7) is 0. The van der Waals surface area contributed by atoms with Gasteiger partial charge in [0.05, 0.1) is 11.1 Å². The summed E-state index contributed by atoms with van der Waals surface area (Å²) in [5.41, 5.74) is 2.01. The monoisotopic (exact) mass is 331 g/mol. The zero-order chi connectivity index (χ0) is 15.6. The van der Waals surface area contributed by atoms with Crippen molar-refractivity contribution >= 4 is 21.6 Å². The molecular weight excluding hydrogens is 318 g/mol. The van der Waals surface area contributed by atoms with Crippen LogP contribution in [-0.2, 0) is 9.84 Å². The van der Waals surface area contributed by atoms with Crippen molar-refractivity contribution in [2.24, 2.45) is 0 Å². The highest BCUT2D eigenvalue weighted by Gasteiger charge is 2.07. The molecule has 1 aromatic heterocycles. The van der Waals surface area contributed by atoms with Crippen LogP contribution in [0.15, 0.2) is 69.5 Å². The van der Waals surface area contributed by atoms with Crippen LogP contribution in [0.3, 0.4) is 0 Å². The third-order valence-corrected chi connectivity index (χ3v) is 5.13. The van der Waals surface area contributed by atoms with E-state index in [2.05, 4.69) is 15.4 Å². The van der Waals surface area contributed by atoms with Crippen molar-refractivity contribution in [3.8, 4) is 11.1 Å². The second kappa shape index (κ2) is 5.94. The number of hydrogen-bond acceptors (Lipinski definition) is 5. The summed E-state index contributed by atoms with van der Waals surface area (Å²) in [5, 5.41) is 11.1. The fourth-order valence-electron chi connectivity index (χ4n) is 1.97. The van der Waals surface area contributed by atoms with Crippen LogP contribution < -0.4 is 0 Å². The number of aromatic amines is 1. The van der Waals surface area contributed by atoms with Gasteiger partial charge in [-0.2, -0.15) is 10.3 Å². The van der Waals surface area contributed by atoms with Gasteiger partial charge in [0.15, 0.2) is 9.84 Å². The van der Waals surface area contributed by atoms with Gasteiger partial charge in [0.1, 0.15) is 5.03 Å². The molecule has 2 aromatic carbocycles. The quantitative estimate of drug-likeness (QED) is 0.795. The van der Waals surface area contributed by atoms with Gasteiger partial charge in [0.2, 0.25) is 0 Å². The van der Waals surface area contributed by atoms with E-state index in [0.29, 0.717) is 4.90 Å². The number of hydrogen-bond donors (Lipinski definition) is 1. The third-order valence-electron chi connectivity index (χ3n) is 3.09. The Balaban J connectivity index is 1.80. The molecule has 7 heteroatoms. The smallest absolute Gasteiger partial charge is 0.175 e. The van der Waals surface area contributed by atoms with Gasteiger partial charge >= 0.3 is 0 Å². The molecule has 3 rings (SSSR count). The highest BCUT2D eigenvalue weighted by atomic mass is 32.2. The van der Waals surface area contributed by atoms with Crippen LogP contribution in [0.25, 0.3) is 11.1 Å². The van der Waals surface area contributed by atoms with Crippen LogP contribution >= 0.6 is 11.8 Å². The Morgan fingerprint density at radius 3 is 2.05 bits per heavy atom. The summed E-state index contributed by atoms with van der Waals surface area (Å²) >= 11 is 1.52. The molecule has 0 amide bonds. The molecule has 3 aromatic rings. The molecule has 1 heterocycles. The van der Waals surface area contributed by atoms with Gasteiger partial charge < -0.3 is 0 Å². The molecule has 0 bridgehead atoms. The molecule has 0 aliphatic rings. The molecular formula is C15H13N3O2S2. The topological polar surface area (TPSA) is 75.7 Å². The highest BCUT2D eigenvalue weighted by Crippen LogP contribution is 2.28. The minimum Gasteiger partial charge on any atom is -0.224 e. The van der Waals surface area contributed by atoms with Gasteiger partial charge in [0, 0.05) is 11.2 Å². The molecule has 22 heavy (non-hydrogen) atoms. The summed E-state index contributed by atoms with van der Waals surface area (Å²) in [6, 6.07) is 14.9. The lowest BCUT2D eigenvalue weighted by Gasteiger charge is -2.05. The van der Waals surface area contributed by atoms with Gasteiger partial charge in [-0.3, -0.25) is 0 Å². The van der Waals surface area contributed by atoms with Gasteiger partial charge in [-0.1, -0.05) is 36.0 Å². The first-order chi connectivity index (χ1) is 10.5. The molecule has 5 nitrogen and oxygen atoms in total. The summed E-state index contributed by atoms with van der Waals surface area (Å²) in [6.07, 6.45) is 2.88. The Bertz CT molecular complexity index is 856. The van der Waals surface area contributed by atoms with Gasteiger partial charge in [0.25, 0.3) is 0 Å². The predicted molar refractivity (Wildman–Crippen MR) is 85.5 cm³/mol. The first kappa shape index (κ1) is 14.8. The largest absolute Gasteiger partial charge is 0.224 e. The molecule has 0 fully saturated rings. The van der Waals surface area contributed by atoms with E-state index in [1.807, 2.05) is 36.4 Å². The van der Waals surface area contributed by atoms with Crippen molar-refractivity contribution in [2.75, 3.05) is 6.26 Å². The average Bonchev–Trinajstić information content (AvgIpc) is 3.00. The number of aromatic nitrogens is 3. The maximum Gasteiger partial charge on any atom is 0.175 e. The molecule has 0 saturated carbocycles. The Hall–Kier alpha value is -2.12. The molecule has 0 atom stereocenters. The molecule has 0 radical (unpaired) electrons. The van der Waals surface area contributed by atoms with E-state index in [4.69, 9.17) is 0 Å². The van der Waals surface area contributed by atoms with E-state index >= 15 is 0 Å². The number of rotatable bonds is 4. The van der Waals surface area contributed by atoms with E-state index in [-0.39, 0.29) is 0 Å². The van der Waals surface area contributed by atoms with Crippen LogP contribution in [0, 0.1) is 0 Å². The minimum atomic E-state index is -3.16. The molecule has 0 saturated heterocycles. The van der Waals surface area contributed by atoms with Crippen molar-refractivity contribution in [3.63, 3.8) is 0 Å². The SMILES string of the molecule is CS(=O)(=O)c1ccc(-c2ccc(Sc3cn[nH]n3)cc2)cc1. The Labute approximate surface area is 132 Å². The van der Waals surface area contributed by atoms with Crippen LogP contribution in [-0.4, -0.2) is 30.1 Å². The summed E-state index contributed by atoms with van der Waals surface area (Å²) in [4.78, 5) is 1.39. The van der Waals surface area contributed by atoms with Crippen molar-refractivity contribution in [1.82, 2.24) is 15.4 Å². The lowest BCUT2D eigenvalue weighted by molar-refractivity contribution is 0.602. The third kappa shape index (κ3) is 3.37. The number of H-pyrrole nitrogens is 1. The zero-order valence-electron chi connectivity index (χ0n) is 11.7. The highest BCUT2D eigenvalue weighted by molar-refractivity contribution is 7.99. The molecule has 0 aliphatic heterocycles. The van der Waals surface area contributed by atoms with Crippen LogP contribution in [0.2, 0.25) is 0 Å². The van der Waals surface area contributed by atoms with Crippen molar-refractivity contribution in [1.29, 1.82) is 0 Å². The van der Waals surface area contributed by atoms with Crippen LogP contribution in [0.5, 0.6) is 0 Å². The number of nitrogens with one attached hydrogen (secondary N) is 1. The number of benzene rings is 2. The number of nitrogens with zero attached hydrogens (tertiary/aromatic N) is 2. The summed E-state index contributed by atoms with van der Waals surface area (Å²) in [7, 11) is -3.16. The molecule has 0 aliphatic carbocycles. The lowest BCUT2D eigenvalue weighted by Crippen LogP contribution is -1.96. The van der Waals surface area contributed by atoms with Crippen molar-refractivity contribution in [3.05, 3.63) is 54.7 Å². The van der Waals surface area contributed by atoms with Crippen LogP contribution in [0.1, 0.15) is 0 Å². The zero-order valence-corrected chi connectivity index (χ0v) is 13.4. The fourth-order valence-corrected chi connectivity index (χ4v) is 3.31. The predicted octanol–water partition coefficient (Wildman–Crippen LogP) is 3.03. The van der Waals surface area contributed by atoms with Gasteiger partial charge in [-0.25, -0.2) is 8.42 Å². The van der Waals surface area contributed by atoms with Crippen molar-refractivity contribution < 1.29 is 8.42 Å². The fraction of sp³-hybridized carbons (Fsp3) is 0.0667. The Morgan fingerprint density at radius 2 is 1.55 bits per heavy atom. The van der Waals surface area contributed by atoms with Crippen LogP contribution in [0.4, 0.5) is 0 Å². The molecule has 0 spiro atoms. The second-order valence-corrected chi connectivity index (χ2v) is 7.84. The normalized spacial score (nSPS) is 11.5. The van der Waals surface area contributed by atoms with Crippen molar-refractivity contribution in [2.45, 2.75) is 14.8 Å². The maximum atomic E-state index is 11.5. The Kier molecular flexibility index (Phi) is 4.00. The van der Waals surface area contributed by atoms with E-state index < -0.39 is 9.84 Å². The first-order valence-corrected chi connectivity index (χ1v) is 9.17. The second-order valence-electron chi connectivity index (χ2n) is 4.73. The molecule has 1 N–H and O–H groups in total. The van der Waals surface area contributed by atoms with E-state index in [1.165, 1.54) is 18.0 Å². The first-order valence-electron chi connectivity index (χ1n) is 6.46. The van der Waals surface area contributed by atoms with E-state index in [9.17, 15) is 8.42 Å². The van der Waals surface area contributed by atoms with Gasteiger partial charge in [-0.15, -0.1) is 5.10 Å². The Morgan fingerprint density at radius 1 is 0.955 bits per heavy atom. The summed E-state index contributed by atoms with van der Waals surface area (Å²) in [5.74, 6) is 0. The number of sulfone groups is 1. The maximum absolute atomic E-state index is 11.5. The average molecular weight is 331 g/mol. The lowest BCUT2D eigenvalue weighted by atomic mass is 10.1. The van der Waals surface area contributed by atoms with Gasteiger partial charge in [-0.05, 0) is 35.4 Å². The van der Waals surface area contributed by atoms with E-state index in [1.54, 1.807) is 18.3 Å². The minimum absolute atomic E-state index is 0.328. The molecule has 0 unspecified atom stereocenters. The molecule has 112 valence electrons. The summed E-state index contributed by atoms with van der Waals surface area (Å²) < 4.78 is 22.9.